The third-order valence-corrected chi connectivity index (χ3v) is 4.44. The molecule has 0 aliphatic carbocycles. The number of para-hydroxylation sites is 1. The van der Waals surface area contributed by atoms with E-state index in [1.54, 1.807) is 0 Å². The molecule has 1 atom stereocenters. The van der Waals surface area contributed by atoms with Gasteiger partial charge in [-0.2, -0.15) is 0 Å². The summed E-state index contributed by atoms with van der Waals surface area (Å²) in [5, 5.41) is 7.33. The molecule has 0 radical (unpaired) electrons. The Labute approximate surface area is 130 Å². The number of aromatic nitrogens is 3. The van der Waals surface area contributed by atoms with Crippen LogP contribution in [-0.4, -0.2) is 52.9 Å². The Morgan fingerprint density at radius 2 is 2.14 bits per heavy atom. The Bertz CT molecular complexity index is 648. The quantitative estimate of drug-likeness (QED) is 0.881. The summed E-state index contributed by atoms with van der Waals surface area (Å²) in [4.78, 5) is 4.61. The van der Waals surface area contributed by atoms with Crippen LogP contribution in [0.5, 0.6) is 0 Å². The lowest BCUT2D eigenvalue weighted by Gasteiger charge is -2.26. The van der Waals surface area contributed by atoms with Crippen LogP contribution in [0.25, 0.3) is 5.69 Å². The van der Waals surface area contributed by atoms with E-state index >= 15 is 0 Å². The van der Waals surface area contributed by atoms with Gasteiger partial charge in [-0.15, -0.1) is 5.10 Å². The highest BCUT2D eigenvalue weighted by atomic mass is 32.1. The third-order valence-electron chi connectivity index (χ3n) is 4.17. The first-order valence-corrected chi connectivity index (χ1v) is 7.72. The van der Waals surface area contributed by atoms with E-state index in [4.69, 9.17) is 12.2 Å². The first-order chi connectivity index (χ1) is 10.2. The van der Waals surface area contributed by atoms with Crippen molar-refractivity contribution in [1.29, 1.82) is 0 Å². The number of benzene rings is 1. The minimum absolute atomic E-state index is 0.587. The van der Waals surface area contributed by atoms with Gasteiger partial charge in [0.05, 0.1) is 5.69 Å². The van der Waals surface area contributed by atoms with Crippen molar-refractivity contribution in [2.24, 2.45) is 0 Å². The van der Waals surface area contributed by atoms with Gasteiger partial charge in [-0.05, 0) is 50.8 Å². The molecule has 21 heavy (non-hydrogen) atoms. The van der Waals surface area contributed by atoms with Crippen LogP contribution in [0.4, 0.5) is 5.95 Å². The zero-order chi connectivity index (χ0) is 14.8. The maximum atomic E-state index is 5.39. The summed E-state index contributed by atoms with van der Waals surface area (Å²) in [6.45, 7) is 2.15. The van der Waals surface area contributed by atoms with E-state index in [1.165, 1.54) is 19.4 Å². The number of rotatable bonds is 4. The fraction of sp³-hybridized carbons (Fsp3) is 0.467. The molecule has 1 aliphatic heterocycles. The zero-order valence-corrected chi connectivity index (χ0v) is 13.3. The van der Waals surface area contributed by atoms with E-state index < -0.39 is 0 Å². The molecule has 0 spiro atoms. The van der Waals surface area contributed by atoms with Crippen molar-refractivity contribution >= 4 is 18.2 Å². The number of H-pyrrole nitrogens is 1. The van der Waals surface area contributed by atoms with Gasteiger partial charge >= 0.3 is 0 Å². The Morgan fingerprint density at radius 1 is 1.38 bits per heavy atom. The molecule has 0 saturated carbocycles. The maximum absolute atomic E-state index is 5.39. The summed E-state index contributed by atoms with van der Waals surface area (Å²) >= 11 is 5.39. The number of likely N-dealkylation sites (tertiary alicyclic amines) is 1. The summed E-state index contributed by atoms with van der Waals surface area (Å²) in [5.74, 6) is 0.867. The minimum Gasteiger partial charge on any atom is -0.342 e. The average Bonchev–Trinajstić information content (AvgIpc) is 3.06. The summed E-state index contributed by atoms with van der Waals surface area (Å²) in [6.07, 6.45) is 2.53. The number of aromatic amines is 1. The van der Waals surface area contributed by atoms with Crippen molar-refractivity contribution in [3.05, 3.63) is 35.1 Å². The van der Waals surface area contributed by atoms with Crippen LogP contribution in [0.2, 0.25) is 0 Å². The van der Waals surface area contributed by atoms with Crippen molar-refractivity contribution in [3.8, 4) is 5.69 Å². The molecule has 1 unspecified atom stereocenters. The Hall–Kier alpha value is -1.66. The molecule has 3 rings (SSSR count). The van der Waals surface area contributed by atoms with Gasteiger partial charge in [0.15, 0.2) is 0 Å². The lowest BCUT2D eigenvalue weighted by Crippen LogP contribution is -2.37. The Morgan fingerprint density at radius 3 is 2.81 bits per heavy atom. The van der Waals surface area contributed by atoms with Crippen LogP contribution in [0.3, 0.4) is 0 Å². The summed E-state index contributed by atoms with van der Waals surface area (Å²) in [6, 6.07) is 10.7. The summed E-state index contributed by atoms with van der Waals surface area (Å²) in [5.41, 5.74) is 1.04. The lowest BCUT2D eigenvalue weighted by molar-refractivity contribution is 0.313. The van der Waals surface area contributed by atoms with Gasteiger partial charge < -0.3 is 9.80 Å². The highest BCUT2D eigenvalue weighted by Gasteiger charge is 2.24. The first kappa shape index (κ1) is 14.3. The molecule has 5 nitrogen and oxygen atoms in total. The molecule has 112 valence electrons. The van der Waals surface area contributed by atoms with Crippen LogP contribution in [0, 0.1) is 4.77 Å². The van der Waals surface area contributed by atoms with Gasteiger partial charge in [0.1, 0.15) is 0 Å². The molecule has 1 saturated heterocycles. The minimum atomic E-state index is 0.587. The van der Waals surface area contributed by atoms with E-state index in [-0.39, 0.29) is 0 Å². The molecule has 1 aromatic carbocycles. The van der Waals surface area contributed by atoms with Gasteiger partial charge in [0, 0.05) is 19.6 Å². The van der Waals surface area contributed by atoms with Gasteiger partial charge in [-0.25, -0.2) is 5.10 Å². The van der Waals surface area contributed by atoms with Gasteiger partial charge in [0.25, 0.3) is 0 Å². The van der Waals surface area contributed by atoms with Crippen molar-refractivity contribution in [2.45, 2.75) is 18.9 Å². The second kappa shape index (κ2) is 5.99. The van der Waals surface area contributed by atoms with E-state index in [1.807, 2.05) is 34.9 Å². The monoisotopic (exact) mass is 303 g/mol. The van der Waals surface area contributed by atoms with Crippen LogP contribution in [0.1, 0.15) is 12.8 Å². The number of likely N-dealkylation sites (N-methyl/N-ethyl adjacent to an activating group) is 2. The molecule has 1 fully saturated rings. The van der Waals surface area contributed by atoms with E-state index in [0.717, 1.165) is 18.2 Å². The molecular weight excluding hydrogens is 282 g/mol. The molecule has 2 aromatic rings. The van der Waals surface area contributed by atoms with Crippen molar-refractivity contribution in [2.75, 3.05) is 32.1 Å². The second-order valence-electron chi connectivity index (χ2n) is 5.66. The number of hydrogen-bond donors (Lipinski definition) is 1. The van der Waals surface area contributed by atoms with Gasteiger partial charge in [-0.3, -0.25) is 4.57 Å². The highest BCUT2D eigenvalue weighted by Crippen LogP contribution is 2.21. The average molecular weight is 303 g/mol. The van der Waals surface area contributed by atoms with Gasteiger partial charge in [0.2, 0.25) is 10.7 Å². The Kier molecular flexibility index (Phi) is 4.07. The molecule has 0 bridgehead atoms. The maximum Gasteiger partial charge on any atom is 0.230 e. The molecule has 1 N–H and O–H groups in total. The highest BCUT2D eigenvalue weighted by molar-refractivity contribution is 7.71. The van der Waals surface area contributed by atoms with Crippen LogP contribution >= 0.6 is 12.2 Å². The molecule has 1 aromatic heterocycles. The van der Waals surface area contributed by atoms with Crippen molar-refractivity contribution in [3.63, 3.8) is 0 Å². The Balaban J connectivity index is 1.87. The van der Waals surface area contributed by atoms with Crippen molar-refractivity contribution < 1.29 is 0 Å². The molecular formula is C15H21N5S. The summed E-state index contributed by atoms with van der Waals surface area (Å²) in [7, 11) is 4.27. The number of nitrogens with one attached hydrogen (secondary N) is 1. The van der Waals surface area contributed by atoms with E-state index in [2.05, 4.69) is 34.1 Å². The van der Waals surface area contributed by atoms with E-state index in [0.29, 0.717) is 10.8 Å². The number of anilines is 1. The third kappa shape index (κ3) is 2.87. The SMILES string of the molecule is CN(CC1CCCN1C)c1n[nH]c(=S)n1-c1ccccc1. The zero-order valence-electron chi connectivity index (χ0n) is 12.5. The van der Waals surface area contributed by atoms with Crippen LogP contribution in [0.15, 0.2) is 30.3 Å². The number of hydrogen-bond acceptors (Lipinski definition) is 4. The second-order valence-corrected chi connectivity index (χ2v) is 6.04. The lowest BCUT2D eigenvalue weighted by atomic mass is 10.2. The topological polar surface area (TPSA) is 40.1 Å². The molecule has 2 heterocycles. The molecule has 6 heteroatoms. The number of nitrogens with zero attached hydrogens (tertiary/aromatic N) is 4. The van der Waals surface area contributed by atoms with E-state index in [9.17, 15) is 0 Å². The predicted molar refractivity (Wildman–Crippen MR) is 87.7 cm³/mol. The normalized spacial score (nSPS) is 19.0. The smallest absolute Gasteiger partial charge is 0.230 e. The predicted octanol–water partition coefficient (Wildman–Crippen LogP) is 2.46. The molecule has 0 amide bonds. The standard InChI is InChI=1S/C15H21N5S/c1-18-10-6-9-13(18)11-19(2)14-16-17-15(21)20(14)12-7-4-3-5-8-12/h3-5,7-8,13H,6,9-11H2,1-2H3,(H,17,21). The van der Waals surface area contributed by atoms with Crippen molar-refractivity contribution in [1.82, 2.24) is 19.7 Å². The van der Waals surface area contributed by atoms with Gasteiger partial charge in [-0.1, -0.05) is 18.2 Å². The fourth-order valence-electron chi connectivity index (χ4n) is 2.96. The summed E-state index contributed by atoms with van der Waals surface area (Å²) < 4.78 is 2.62. The van der Waals surface area contributed by atoms with Crippen LogP contribution < -0.4 is 4.90 Å². The fourth-order valence-corrected chi connectivity index (χ4v) is 3.19. The molecule has 1 aliphatic rings. The largest absolute Gasteiger partial charge is 0.342 e. The van der Waals surface area contributed by atoms with Crippen LogP contribution in [-0.2, 0) is 0 Å². The first-order valence-electron chi connectivity index (χ1n) is 7.31.